The summed E-state index contributed by atoms with van der Waals surface area (Å²) in [7, 11) is -4.02. The van der Waals surface area contributed by atoms with Crippen molar-refractivity contribution in [2.45, 2.75) is 17.7 Å². The summed E-state index contributed by atoms with van der Waals surface area (Å²) in [6, 6.07) is 5.83. The molecule has 1 heterocycles. The highest BCUT2D eigenvalue weighted by Gasteiger charge is 2.17. The first-order valence-electron chi connectivity index (χ1n) is 7.00. The van der Waals surface area contributed by atoms with E-state index in [1.54, 1.807) is 16.8 Å². The van der Waals surface area contributed by atoms with Crippen LogP contribution < -0.4 is 10.0 Å². The molecular formula is C15H15FN2O4S2. The lowest BCUT2D eigenvalue weighted by molar-refractivity contribution is -0.119. The van der Waals surface area contributed by atoms with Crippen LogP contribution in [0.3, 0.4) is 0 Å². The Morgan fingerprint density at radius 1 is 1.12 bits per heavy atom. The van der Waals surface area contributed by atoms with E-state index >= 15 is 0 Å². The number of carbonyl (C=O) groups is 2. The standard InChI is InChI=1S/C15H15FN2O4S2/c16-12-3-5-13(6-4-12)24(21,22)18-14(19)2-1-8-17-15(20)11-7-9-23-10-11/h3-7,9-10H,1-2,8H2,(H,17,20)(H,18,19). The normalized spacial score (nSPS) is 11.0. The van der Waals surface area contributed by atoms with Crippen molar-refractivity contribution in [3.05, 3.63) is 52.5 Å². The molecule has 9 heteroatoms. The molecule has 2 rings (SSSR count). The molecule has 128 valence electrons. The third kappa shape index (κ3) is 5.14. The number of sulfonamides is 1. The molecule has 2 amide bonds. The fraction of sp³-hybridized carbons (Fsp3) is 0.200. The highest BCUT2D eigenvalue weighted by molar-refractivity contribution is 7.90. The maximum Gasteiger partial charge on any atom is 0.264 e. The Balaban J connectivity index is 1.76. The summed E-state index contributed by atoms with van der Waals surface area (Å²) in [5.74, 6) is -1.50. The topological polar surface area (TPSA) is 92.3 Å². The molecule has 0 bridgehead atoms. The fourth-order valence-electron chi connectivity index (χ4n) is 1.82. The molecule has 2 N–H and O–H groups in total. The molecule has 0 fully saturated rings. The number of carbonyl (C=O) groups excluding carboxylic acids is 2. The molecule has 0 saturated heterocycles. The van der Waals surface area contributed by atoms with Gasteiger partial charge in [-0.3, -0.25) is 9.59 Å². The summed E-state index contributed by atoms with van der Waals surface area (Å²) < 4.78 is 38.6. The molecular weight excluding hydrogens is 355 g/mol. The van der Waals surface area contributed by atoms with Crippen molar-refractivity contribution < 1.29 is 22.4 Å². The van der Waals surface area contributed by atoms with Crippen LogP contribution in [0.5, 0.6) is 0 Å². The second-order valence-corrected chi connectivity index (χ2v) is 7.32. The largest absolute Gasteiger partial charge is 0.352 e. The van der Waals surface area contributed by atoms with Gasteiger partial charge in [0, 0.05) is 23.9 Å². The Morgan fingerprint density at radius 2 is 1.83 bits per heavy atom. The van der Waals surface area contributed by atoms with Crippen LogP contribution in [0.25, 0.3) is 0 Å². The minimum atomic E-state index is -4.02. The lowest BCUT2D eigenvalue weighted by Gasteiger charge is -2.07. The first-order valence-corrected chi connectivity index (χ1v) is 9.43. The van der Waals surface area contributed by atoms with E-state index in [-0.39, 0.29) is 23.8 Å². The lowest BCUT2D eigenvalue weighted by Crippen LogP contribution is -2.31. The van der Waals surface area contributed by atoms with Crippen molar-refractivity contribution in [1.82, 2.24) is 10.0 Å². The Bertz CT molecular complexity index is 803. The van der Waals surface area contributed by atoms with Crippen LogP contribution in [0, 0.1) is 5.82 Å². The maximum absolute atomic E-state index is 12.8. The molecule has 24 heavy (non-hydrogen) atoms. The smallest absolute Gasteiger partial charge is 0.264 e. The van der Waals surface area contributed by atoms with E-state index < -0.39 is 21.7 Å². The van der Waals surface area contributed by atoms with Gasteiger partial charge in [0.15, 0.2) is 0 Å². The molecule has 0 aliphatic heterocycles. The third-order valence-electron chi connectivity index (χ3n) is 3.02. The monoisotopic (exact) mass is 370 g/mol. The number of hydrogen-bond donors (Lipinski definition) is 2. The van der Waals surface area contributed by atoms with Crippen molar-refractivity contribution in [3.63, 3.8) is 0 Å². The maximum atomic E-state index is 12.8. The number of halogens is 1. The molecule has 0 spiro atoms. The summed E-state index contributed by atoms with van der Waals surface area (Å²) in [6.07, 6.45) is 0.227. The van der Waals surface area contributed by atoms with E-state index in [2.05, 4.69) is 5.32 Å². The summed E-state index contributed by atoms with van der Waals surface area (Å²) in [4.78, 5) is 23.2. The Morgan fingerprint density at radius 3 is 2.46 bits per heavy atom. The van der Waals surface area contributed by atoms with Crippen LogP contribution in [0.1, 0.15) is 23.2 Å². The van der Waals surface area contributed by atoms with Gasteiger partial charge in [0.05, 0.1) is 4.90 Å². The van der Waals surface area contributed by atoms with E-state index in [0.29, 0.717) is 12.0 Å². The van der Waals surface area contributed by atoms with Gasteiger partial charge >= 0.3 is 0 Å². The number of amides is 2. The minimum absolute atomic E-state index is 0.0651. The number of hydrogen-bond acceptors (Lipinski definition) is 5. The average molecular weight is 370 g/mol. The highest BCUT2D eigenvalue weighted by atomic mass is 32.2. The second-order valence-electron chi connectivity index (χ2n) is 4.85. The SMILES string of the molecule is O=C(CCCNC(=O)c1ccsc1)NS(=O)(=O)c1ccc(F)cc1. The Labute approximate surface area is 142 Å². The molecule has 0 radical (unpaired) electrons. The zero-order valence-electron chi connectivity index (χ0n) is 12.5. The molecule has 0 unspecified atom stereocenters. The van der Waals surface area contributed by atoms with Crippen LogP contribution in [0.15, 0.2) is 46.0 Å². The minimum Gasteiger partial charge on any atom is -0.352 e. The van der Waals surface area contributed by atoms with Crippen molar-refractivity contribution in [3.8, 4) is 0 Å². The van der Waals surface area contributed by atoms with Gasteiger partial charge in [0.1, 0.15) is 5.82 Å². The molecule has 1 aromatic heterocycles. The van der Waals surface area contributed by atoms with E-state index in [1.807, 2.05) is 4.72 Å². The van der Waals surface area contributed by atoms with Gasteiger partial charge in [-0.25, -0.2) is 17.5 Å². The average Bonchev–Trinajstić information content (AvgIpc) is 3.06. The Hall–Kier alpha value is -2.26. The predicted octanol–water partition coefficient (Wildman–Crippen LogP) is 1.90. The molecule has 1 aromatic carbocycles. The summed E-state index contributed by atoms with van der Waals surface area (Å²) in [6.45, 7) is 0.249. The van der Waals surface area contributed by atoms with Crippen molar-refractivity contribution in [2.75, 3.05) is 6.54 Å². The number of benzene rings is 1. The Kier molecular flexibility index (Phi) is 6.04. The van der Waals surface area contributed by atoms with E-state index in [0.717, 1.165) is 24.3 Å². The van der Waals surface area contributed by atoms with Crippen LogP contribution >= 0.6 is 11.3 Å². The quantitative estimate of drug-likeness (QED) is 0.728. The molecule has 6 nitrogen and oxygen atoms in total. The van der Waals surface area contributed by atoms with Gasteiger partial charge in [-0.2, -0.15) is 11.3 Å². The molecule has 2 aromatic rings. The molecule has 0 aliphatic rings. The van der Waals surface area contributed by atoms with Crippen LogP contribution in [-0.4, -0.2) is 26.8 Å². The number of rotatable bonds is 7. The fourth-order valence-corrected chi connectivity index (χ4v) is 3.47. The van der Waals surface area contributed by atoms with Crippen LogP contribution in [0.2, 0.25) is 0 Å². The van der Waals surface area contributed by atoms with Gasteiger partial charge < -0.3 is 5.32 Å². The van der Waals surface area contributed by atoms with Crippen molar-refractivity contribution >= 4 is 33.2 Å². The lowest BCUT2D eigenvalue weighted by atomic mass is 10.3. The van der Waals surface area contributed by atoms with Crippen molar-refractivity contribution in [2.24, 2.45) is 0 Å². The van der Waals surface area contributed by atoms with E-state index in [9.17, 15) is 22.4 Å². The highest BCUT2D eigenvalue weighted by Crippen LogP contribution is 2.10. The number of thiophene rings is 1. The third-order valence-corrected chi connectivity index (χ3v) is 5.09. The number of nitrogens with one attached hydrogen (secondary N) is 2. The van der Waals surface area contributed by atoms with Gasteiger partial charge in [-0.05, 0) is 42.1 Å². The van der Waals surface area contributed by atoms with Gasteiger partial charge in [-0.15, -0.1) is 0 Å². The van der Waals surface area contributed by atoms with Crippen LogP contribution in [0.4, 0.5) is 4.39 Å². The van der Waals surface area contributed by atoms with E-state index in [1.165, 1.54) is 11.3 Å². The van der Waals surface area contributed by atoms with Gasteiger partial charge in [-0.1, -0.05) is 0 Å². The molecule has 0 aliphatic carbocycles. The zero-order chi connectivity index (χ0) is 17.6. The molecule has 0 saturated carbocycles. The zero-order valence-corrected chi connectivity index (χ0v) is 14.1. The van der Waals surface area contributed by atoms with Crippen LogP contribution in [-0.2, 0) is 14.8 Å². The summed E-state index contributed by atoms with van der Waals surface area (Å²) in [5.41, 5.74) is 0.545. The summed E-state index contributed by atoms with van der Waals surface area (Å²) in [5, 5.41) is 6.12. The second kappa shape index (κ2) is 8.02. The van der Waals surface area contributed by atoms with E-state index in [4.69, 9.17) is 0 Å². The van der Waals surface area contributed by atoms with Crippen molar-refractivity contribution in [1.29, 1.82) is 0 Å². The summed E-state index contributed by atoms with van der Waals surface area (Å²) >= 11 is 1.40. The molecule has 0 atom stereocenters. The van der Waals surface area contributed by atoms with Gasteiger partial charge in [0.25, 0.3) is 15.9 Å². The van der Waals surface area contributed by atoms with Gasteiger partial charge in [0.2, 0.25) is 5.91 Å². The first kappa shape index (κ1) is 18.1. The first-order chi connectivity index (χ1) is 11.4. The predicted molar refractivity (Wildman–Crippen MR) is 87.6 cm³/mol.